The summed E-state index contributed by atoms with van der Waals surface area (Å²) < 4.78 is 3.75. The van der Waals surface area contributed by atoms with E-state index in [1.54, 1.807) is 20.2 Å². The molecule has 9 heteroatoms. The van der Waals surface area contributed by atoms with Gasteiger partial charge in [-0.2, -0.15) is 14.7 Å². The number of hydrogen-bond acceptors (Lipinski definition) is 8. The fraction of sp³-hybridized carbons (Fsp3) is 0.231. The van der Waals surface area contributed by atoms with Crippen LogP contribution in [0.3, 0.4) is 0 Å². The number of carbonyl (C=O) groups is 1. The summed E-state index contributed by atoms with van der Waals surface area (Å²) in [7, 11) is 1.61. The summed E-state index contributed by atoms with van der Waals surface area (Å²) in [6.45, 7) is 3.56. The molecule has 0 radical (unpaired) electrons. The quantitative estimate of drug-likeness (QED) is 0.621. The molecule has 0 aliphatic rings. The number of hydrogen-bond donors (Lipinski definition) is 0. The van der Waals surface area contributed by atoms with Gasteiger partial charge in [0.25, 0.3) is 5.91 Å². The molecule has 2 heterocycles. The number of carbonyl (C=O) groups excluding carboxylic acids is 3. The molecule has 8 nitrogen and oxygen atoms in total. The number of nitrogens with zero attached hydrogens (tertiary/aromatic N) is 5. The number of hydrazone groups is 1. The Morgan fingerprint density at radius 3 is 2.55 bits per heavy atom. The zero-order valence-corrected chi connectivity index (χ0v) is 13.0. The maximum atomic E-state index is 12.1. The zero-order valence-electron chi connectivity index (χ0n) is 12.2. The van der Waals surface area contributed by atoms with Crippen LogP contribution in [0.4, 0.5) is 0 Å². The first kappa shape index (κ1) is 17.3. The van der Waals surface area contributed by atoms with Crippen molar-refractivity contribution in [3.63, 3.8) is 0 Å². The molecule has 0 fully saturated rings. The largest absolute Gasteiger partial charge is 0.373 e. The van der Waals surface area contributed by atoms with E-state index in [4.69, 9.17) is 9.59 Å². The summed E-state index contributed by atoms with van der Waals surface area (Å²) in [5.41, 5.74) is 2.03. The molecule has 0 atom stereocenters. The van der Waals surface area contributed by atoms with Crippen molar-refractivity contribution in [1.82, 2.24) is 19.6 Å². The highest BCUT2D eigenvalue weighted by atomic mass is 32.1. The third-order valence-electron chi connectivity index (χ3n) is 2.48. The molecule has 0 aromatic carbocycles. The van der Waals surface area contributed by atoms with E-state index in [9.17, 15) is 4.79 Å². The van der Waals surface area contributed by atoms with Crippen LogP contribution in [-0.2, 0) is 9.59 Å². The SMILES string of the molecule is C/C(=N\N(C)C(=O)c1snnc1C)c1ccccn1.O=C=O. The minimum Gasteiger partial charge on any atom is -0.266 e. The van der Waals surface area contributed by atoms with E-state index < -0.39 is 0 Å². The summed E-state index contributed by atoms with van der Waals surface area (Å²) in [4.78, 5) is 33.1. The molecular formula is C13H13N5O3S. The van der Waals surface area contributed by atoms with Gasteiger partial charge < -0.3 is 0 Å². The van der Waals surface area contributed by atoms with Crippen LogP contribution in [0.2, 0.25) is 0 Å². The summed E-state index contributed by atoms with van der Waals surface area (Å²) in [6, 6.07) is 5.55. The molecule has 0 aliphatic heterocycles. The Labute approximate surface area is 130 Å². The van der Waals surface area contributed by atoms with Gasteiger partial charge in [0.05, 0.1) is 17.1 Å². The van der Waals surface area contributed by atoms with Crippen molar-refractivity contribution in [2.75, 3.05) is 7.05 Å². The highest BCUT2D eigenvalue weighted by Gasteiger charge is 2.17. The average Bonchev–Trinajstić information content (AvgIpc) is 2.94. The Morgan fingerprint density at radius 2 is 2.05 bits per heavy atom. The number of pyridine rings is 1. The van der Waals surface area contributed by atoms with E-state index in [1.807, 2.05) is 25.1 Å². The predicted octanol–water partition coefficient (Wildman–Crippen LogP) is 1.15. The number of amides is 1. The Balaban J connectivity index is 0.000000745. The lowest BCUT2D eigenvalue weighted by atomic mass is 10.3. The topological polar surface area (TPSA) is 105 Å². The van der Waals surface area contributed by atoms with E-state index in [-0.39, 0.29) is 12.1 Å². The van der Waals surface area contributed by atoms with Crippen LogP contribution in [0, 0.1) is 6.92 Å². The van der Waals surface area contributed by atoms with Crippen molar-refractivity contribution in [3.8, 4) is 0 Å². The van der Waals surface area contributed by atoms with Crippen LogP contribution in [0.1, 0.15) is 28.0 Å². The zero-order chi connectivity index (χ0) is 16.5. The van der Waals surface area contributed by atoms with Crippen molar-refractivity contribution < 1.29 is 14.4 Å². The summed E-state index contributed by atoms with van der Waals surface area (Å²) in [6.07, 6.45) is 1.94. The van der Waals surface area contributed by atoms with E-state index >= 15 is 0 Å². The minimum atomic E-state index is -0.220. The van der Waals surface area contributed by atoms with Crippen LogP contribution in [0.5, 0.6) is 0 Å². The second-order valence-electron chi connectivity index (χ2n) is 4.00. The monoisotopic (exact) mass is 319 g/mol. The first-order valence-electron chi connectivity index (χ1n) is 6.04. The van der Waals surface area contributed by atoms with Gasteiger partial charge in [-0.1, -0.05) is 10.6 Å². The number of rotatable bonds is 3. The van der Waals surface area contributed by atoms with Gasteiger partial charge in [-0.25, -0.2) is 5.01 Å². The van der Waals surface area contributed by atoms with Crippen LogP contribution in [0.25, 0.3) is 0 Å². The molecule has 0 aliphatic carbocycles. The highest BCUT2D eigenvalue weighted by molar-refractivity contribution is 7.07. The second kappa shape index (κ2) is 8.50. The Morgan fingerprint density at radius 1 is 1.36 bits per heavy atom. The van der Waals surface area contributed by atoms with Crippen LogP contribution >= 0.6 is 11.5 Å². The maximum absolute atomic E-state index is 12.1. The van der Waals surface area contributed by atoms with Crippen LogP contribution in [0.15, 0.2) is 29.5 Å². The first-order valence-corrected chi connectivity index (χ1v) is 6.81. The third-order valence-corrected chi connectivity index (χ3v) is 3.29. The average molecular weight is 319 g/mol. The molecule has 22 heavy (non-hydrogen) atoms. The van der Waals surface area contributed by atoms with Crippen LogP contribution in [-0.4, -0.2) is 44.4 Å². The Bertz CT molecular complexity index is 693. The molecule has 0 saturated carbocycles. The molecule has 2 rings (SSSR count). The van der Waals surface area contributed by atoms with Gasteiger partial charge in [-0.05, 0) is 37.5 Å². The standard InChI is InChI=1S/C12H13N5OS.CO2/c1-8(10-6-4-5-7-13-10)15-17(3)12(18)11-9(2)14-16-19-11;2-1-3/h4-7H,1-3H3;/b15-8+;. The smallest absolute Gasteiger partial charge is 0.266 e. The normalized spacial score (nSPS) is 10.2. The summed E-state index contributed by atoms with van der Waals surface area (Å²) in [5.74, 6) is -0.220. The lowest BCUT2D eigenvalue weighted by Gasteiger charge is -2.11. The summed E-state index contributed by atoms with van der Waals surface area (Å²) in [5, 5.41) is 9.33. The first-order chi connectivity index (χ1) is 10.5. The van der Waals surface area contributed by atoms with E-state index in [2.05, 4.69) is 19.7 Å². The van der Waals surface area contributed by atoms with Crippen molar-refractivity contribution in [2.45, 2.75) is 13.8 Å². The van der Waals surface area contributed by atoms with Gasteiger partial charge >= 0.3 is 6.15 Å². The van der Waals surface area contributed by atoms with Gasteiger partial charge in [-0.3, -0.25) is 9.78 Å². The van der Waals surface area contributed by atoms with E-state index in [0.29, 0.717) is 16.3 Å². The highest BCUT2D eigenvalue weighted by Crippen LogP contribution is 2.12. The molecule has 0 spiro atoms. The molecule has 2 aromatic heterocycles. The minimum absolute atomic E-state index is 0.220. The van der Waals surface area contributed by atoms with Gasteiger partial charge in [0.1, 0.15) is 4.88 Å². The number of aryl methyl sites for hydroxylation is 1. The molecule has 1 amide bonds. The lowest BCUT2D eigenvalue weighted by molar-refractivity contribution is -0.191. The van der Waals surface area contributed by atoms with Crippen molar-refractivity contribution in [3.05, 3.63) is 40.7 Å². The second-order valence-corrected chi connectivity index (χ2v) is 4.75. The molecule has 0 N–H and O–H groups in total. The number of aromatic nitrogens is 3. The molecule has 114 valence electrons. The van der Waals surface area contributed by atoms with E-state index in [0.717, 1.165) is 17.2 Å². The Kier molecular flexibility index (Phi) is 6.68. The lowest BCUT2D eigenvalue weighted by Crippen LogP contribution is -2.22. The third kappa shape index (κ3) is 4.65. The van der Waals surface area contributed by atoms with Gasteiger partial charge in [-0.15, -0.1) is 5.10 Å². The van der Waals surface area contributed by atoms with Crippen molar-refractivity contribution in [1.29, 1.82) is 0 Å². The summed E-state index contributed by atoms with van der Waals surface area (Å²) >= 11 is 1.07. The predicted molar refractivity (Wildman–Crippen MR) is 78.2 cm³/mol. The van der Waals surface area contributed by atoms with E-state index in [1.165, 1.54) is 5.01 Å². The Hall–Kier alpha value is -2.77. The maximum Gasteiger partial charge on any atom is 0.373 e. The molecule has 0 bridgehead atoms. The molecular weight excluding hydrogens is 306 g/mol. The molecule has 0 unspecified atom stereocenters. The van der Waals surface area contributed by atoms with Gasteiger partial charge in [0, 0.05) is 13.2 Å². The van der Waals surface area contributed by atoms with Crippen molar-refractivity contribution >= 4 is 29.3 Å². The van der Waals surface area contributed by atoms with Gasteiger partial charge in [0.2, 0.25) is 0 Å². The van der Waals surface area contributed by atoms with Gasteiger partial charge in [0.15, 0.2) is 0 Å². The van der Waals surface area contributed by atoms with Crippen molar-refractivity contribution in [2.24, 2.45) is 5.10 Å². The fourth-order valence-electron chi connectivity index (χ4n) is 1.47. The molecule has 2 aromatic rings. The van der Waals surface area contributed by atoms with Crippen LogP contribution < -0.4 is 0 Å². The fourth-order valence-corrected chi connectivity index (χ4v) is 2.10. The molecule has 0 saturated heterocycles.